The molecule has 0 spiro atoms. The van der Waals surface area contributed by atoms with Crippen LogP contribution in [0.5, 0.6) is 5.75 Å². The monoisotopic (exact) mass is 382 g/mol. The van der Waals surface area contributed by atoms with E-state index < -0.39 is 0 Å². The van der Waals surface area contributed by atoms with Gasteiger partial charge in [-0.25, -0.2) is 9.97 Å². The van der Waals surface area contributed by atoms with Crippen LogP contribution in [0.1, 0.15) is 10.4 Å². The number of fused-ring (bicyclic) bond motifs is 1. The van der Waals surface area contributed by atoms with Crippen LogP contribution >= 0.6 is 11.6 Å². The zero-order chi connectivity index (χ0) is 19.0. The number of aryl methyl sites for hydroxylation is 1. The Morgan fingerprint density at radius 3 is 3.00 bits per heavy atom. The summed E-state index contributed by atoms with van der Waals surface area (Å²) in [5, 5.41) is 7.88. The first-order valence-corrected chi connectivity index (χ1v) is 8.40. The fourth-order valence-corrected chi connectivity index (χ4v) is 3.02. The number of carbonyl (C=O) groups excluding carboxylic acids is 1. The van der Waals surface area contributed by atoms with E-state index in [4.69, 9.17) is 16.3 Å². The summed E-state index contributed by atoms with van der Waals surface area (Å²) in [6, 6.07) is 5.23. The lowest BCUT2D eigenvalue weighted by atomic mass is 10.1. The molecule has 1 N–H and O–H groups in total. The Morgan fingerprint density at radius 2 is 2.19 bits per heavy atom. The quantitative estimate of drug-likeness (QED) is 0.586. The molecule has 0 aliphatic carbocycles. The highest BCUT2D eigenvalue weighted by atomic mass is 35.5. The molecular weight excluding hydrogens is 368 g/mol. The highest BCUT2D eigenvalue weighted by Gasteiger charge is 2.19. The zero-order valence-electron chi connectivity index (χ0n) is 14.5. The number of benzene rings is 1. The average Bonchev–Trinajstić information content (AvgIpc) is 3.27. The van der Waals surface area contributed by atoms with Gasteiger partial charge in [0.05, 0.1) is 12.8 Å². The second kappa shape index (κ2) is 6.73. The Balaban J connectivity index is 1.75. The van der Waals surface area contributed by atoms with Crippen LogP contribution in [0.2, 0.25) is 5.02 Å². The van der Waals surface area contributed by atoms with Crippen LogP contribution in [0.3, 0.4) is 0 Å². The van der Waals surface area contributed by atoms with Gasteiger partial charge in [0.1, 0.15) is 23.3 Å². The van der Waals surface area contributed by atoms with Crippen molar-refractivity contribution in [2.45, 2.75) is 0 Å². The van der Waals surface area contributed by atoms with E-state index in [2.05, 4.69) is 20.4 Å². The summed E-state index contributed by atoms with van der Waals surface area (Å²) >= 11 is 6.14. The molecule has 8 nitrogen and oxygen atoms in total. The van der Waals surface area contributed by atoms with Gasteiger partial charge in [-0.15, -0.1) is 0 Å². The van der Waals surface area contributed by atoms with E-state index in [-0.39, 0.29) is 5.91 Å². The summed E-state index contributed by atoms with van der Waals surface area (Å²) in [5.74, 6) is 0.264. The topological polar surface area (TPSA) is 86.3 Å². The summed E-state index contributed by atoms with van der Waals surface area (Å²) < 4.78 is 8.70. The number of ether oxygens (including phenoxy) is 1. The molecule has 4 aromatic rings. The first-order valence-electron chi connectivity index (χ1n) is 8.02. The van der Waals surface area contributed by atoms with Gasteiger partial charge >= 0.3 is 0 Å². The smallest absolute Gasteiger partial charge is 0.261 e. The van der Waals surface area contributed by atoms with Gasteiger partial charge in [-0.1, -0.05) is 11.6 Å². The van der Waals surface area contributed by atoms with Crippen LogP contribution in [-0.2, 0) is 7.05 Å². The van der Waals surface area contributed by atoms with Gasteiger partial charge < -0.3 is 10.1 Å². The maximum Gasteiger partial charge on any atom is 0.261 e. The minimum absolute atomic E-state index is 0.338. The predicted octanol–water partition coefficient (Wildman–Crippen LogP) is 3.04. The molecule has 0 radical (unpaired) electrons. The predicted molar refractivity (Wildman–Crippen MR) is 101 cm³/mol. The molecule has 27 heavy (non-hydrogen) atoms. The maximum absolute atomic E-state index is 12.8. The van der Waals surface area contributed by atoms with Crippen molar-refractivity contribution in [3.63, 3.8) is 0 Å². The number of nitrogens with zero attached hydrogens (tertiary/aromatic N) is 5. The third-order valence-electron chi connectivity index (χ3n) is 4.04. The molecule has 9 heteroatoms. The first kappa shape index (κ1) is 17.0. The van der Waals surface area contributed by atoms with Crippen molar-refractivity contribution in [3.05, 3.63) is 59.9 Å². The number of aromatic nitrogens is 5. The molecule has 0 saturated heterocycles. The van der Waals surface area contributed by atoms with Gasteiger partial charge in [-0.2, -0.15) is 5.10 Å². The zero-order valence-corrected chi connectivity index (χ0v) is 15.3. The summed E-state index contributed by atoms with van der Waals surface area (Å²) in [4.78, 5) is 21.1. The average molecular weight is 383 g/mol. The number of hydrogen-bond acceptors (Lipinski definition) is 5. The molecule has 1 amide bonds. The van der Waals surface area contributed by atoms with Crippen molar-refractivity contribution in [1.29, 1.82) is 0 Å². The molecule has 3 aromatic heterocycles. The summed E-state index contributed by atoms with van der Waals surface area (Å²) in [7, 11) is 3.34. The fourth-order valence-electron chi connectivity index (χ4n) is 2.85. The van der Waals surface area contributed by atoms with E-state index in [1.165, 1.54) is 6.20 Å². The number of methoxy groups -OCH3 is 1. The lowest BCUT2D eigenvalue weighted by Crippen LogP contribution is -2.14. The lowest BCUT2D eigenvalue weighted by molar-refractivity contribution is 0.102. The van der Waals surface area contributed by atoms with E-state index in [1.54, 1.807) is 66.4 Å². The minimum Gasteiger partial charge on any atom is -0.496 e. The standard InChI is InChI=1S/C18H15ClN6O2/c1-24-9-14(16(23-24)12-7-11(19)3-4-15(12)27-2)22-18(26)13-8-20-10-25-6-5-21-17(13)25/h3-10H,1-2H3,(H,22,26). The minimum atomic E-state index is -0.338. The van der Waals surface area contributed by atoms with Gasteiger partial charge in [0.2, 0.25) is 0 Å². The highest BCUT2D eigenvalue weighted by Crippen LogP contribution is 2.36. The van der Waals surface area contributed by atoms with E-state index >= 15 is 0 Å². The Hall–Kier alpha value is -3.39. The summed E-state index contributed by atoms with van der Waals surface area (Å²) in [5.41, 5.74) is 2.63. The molecule has 3 heterocycles. The Labute approximate surface area is 159 Å². The number of nitrogens with one attached hydrogen (secondary N) is 1. The summed E-state index contributed by atoms with van der Waals surface area (Å²) in [6.07, 6.45) is 8.12. The van der Waals surface area contributed by atoms with Crippen molar-refractivity contribution in [1.82, 2.24) is 24.1 Å². The van der Waals surface area contributed by atoms with Crippen molar-refractivity contribution in [2.75, 3.05) is 12.4 Å². The van der Waals surface area contributed by atoms with E-state index in [0.29, 0.717) is 38.9 Å². The molecule has 0 saturated carbocycles. The largest absolute Gasteiger partial charge is 0.496 e. The third-order valence-corrected chi connectivity index (χ3v) is 4.28. The van der Waals surface area contributed by atoms with E-state index in [0.717, 1.165) is 0 Å². The maximum atomic E-state index is 12.8. The Morgan fingerprint density at radius 1 is 1.33 bits per heavy atom. The van der Waals surface area contributed by atoms with Gasteiger partial charge in [-0.05, 0) is 18.2 Å². The van der Waals surface area contributed by atoms with Crippen molar-refractivity contribution >= 4 is 28.8 Å². The van der Waals surface area contributed by atoms with Crippen molar-refractivity contribution in [3.8, 4) is 17.0 Å². The number of hydrogen-bond donors (Lipinski definition) is 1. The van der Waals surface area contributed by atoms with Crippen LogP contribution < -0.4 is 10.1 Å². The molecule has 0 bridgehead atoms. The fraction of sp³-hybridized carbons (Fsp3) is 0.111. The van der Waals surface area contributed by atoms with Crippen LogP contribution in [0, 0.1) is 0 Å². The number of carbonyl (C=O) groups is 1. The number of halogens is 1. The van der Waals surface area contributed by atoms with Crippen LogP contribution in [0.15, 0.2) is 49.3 Å². The van der Waals surface area contributed by atoms with Crippen LogP contribution in [0.4, 0.5) is 5.69 Å². The summed E-state index contributed by atoms with van der Waals surface area (Å²) in [6.45, 7) is 0. The molecule has 0 fully saturated rings. The molecule has 136 valence electrons. The highest BCUT2D eigenvalue weighted by molar-refractivity contribution is 6.31. The molecule has 0 atom stereocenters. The SMILES string of the molecule is COc1ccc(Cl)cc1-c1nn(C)cc1NC(=O)c1cncn2ccnc12. The first-order chi connectivity index (χ1) is 13.1. The molecule has 1 aromatic carbocycles. The number of imidazole rings is 1. The molecule has 0 aliphatic rings. The van der Waals surface area contributed by atoms with Crippen molar-refractivity contribution < 1.29 is 9.53 Å². The Kier molecular flexibility index (Phi) is 4.25. The normalized spacial score (nSPS) is 10.9. The van der Waals surface area contributed by atoms with Gasteiger partial charge in [-0.3, -0.25) is 13.9 Å². The third kappa shape index (κ3) is 3.11. The number of amides is 1. The second-order valence-electron chi connectivity index (χ2n) is 5.83. The number of anilines is 1. The van der Waals surface area contributed by atoms with Crippen LogP contribution in [0.25, 0.3) is 16.9 Å². The Bertz CT molecular complexity index is 1150. The van der Waals surface area contributed by atoms with Gasteiger partial charge in [0, 0.05) is 42.4 Å². The van der Waals surface area contributed by atoms with Crippen molar-refractivity contribution in [2.24, 2.45) is 7.05 Å². The van der Waals surface area contributed by atoms with E-state index in [1.807, 2.05) is 0 Å². The lowest BCUT2D eigenvalue weighted by Gasteiger charge is -2.10. The second-order valence-corrected chi connectivity index (χ2v) is 6.27. The van der Waals surface area contributed by atoms with Gasteiger partial charge in [0.25, 0.3) is 5.91 Å². The molecular formula is C18H15ClN6O2. The molecule has 0 unspecified atom stereocenters. The molecule has 4 rings (SSSR count). The van der Waals surface area contributed by atoms with E-state index in [9.17, 15) is 4.79 Å². The van der Waals surface area contributed by atoms with Crippen LogP contribution in [-0.4, -0.2) is 37.2 Å². The molecule has 0 aliphatic heterocycles. The number of rotatable bonds is 4. The van der Waals surface area contributed by atoms with Gasteiger partial charge in [0.15, 0.2) is 5.65 Å².